The molecular formula is C15H12BrClN2O3. The van der Waals surface area contributed by atoms with Crippen molar-refractivity contribution in [1.82, 2.24) is 4.98 Å². The first-order chi connectivity index (χ1) is 10.6. The summed E-state index contributed by atoms with van der Waals surface area (Å²) in [6, 6.07) is 8.70. The molecule has 1 N–H and O–H groups in total. The van der Waals surface area contributed by atoms with Crippen molar-refractivity contribution in [3.05, 3.63) is 57.3 Å². The summed E-state index contributed by atoms with van der Waals surface area (Å²) in [5.41, 5.74) is 1.60. The van der Waals surface area contributed by atoms with Crippen LogP contribution in [0.15, 0.2) is 41.0 Å². The minimum absolute atomic E-state index is 0.290. The summed E-state index contributed by atoms with van der Waals surface area (Å²) < 4.78 is 11.5. The Kier molecular flexibility index (Phi) is 4.73. The van der Waals surface area contributed by atoms with E-state index in [4.69, 9.17) is 21.1 Å². The minimum atomic E-state index is -0.399. The molecular weight excluding hydrogens is 372 g/mol. The average Bonchev–Trinajstić information content (AvgIpc) is 3.06. The van der Waals surface area contributed by atoms with Gasteiger partial charge in [0.1, 0.15) is 5.69 Å². The smallest absolute Gasteiger partial charge is 0.274 e. The number of ether oxygens (including phenoxy) is 2. The minimum Gasteiger partial charge on any atom is -0.346 e. The first-order valence-corrected chi connectivity index (χ1v) is 7.77. The molecule has 2 heterocycles. The fraction of sp³-hybridized carbons (Fsp3) is 0.200. The highest BCUT2D eigenvalue weighted by Crippen LogP contribution is 2.30. The van der Waals surface area contributed by atoms with Crippen molar-refractivity contribution in [3.63, 3.8) is 0 Å². The maximum absolute atomic E-state index is 12.2. The number of amides is 1. The zero-order valence-corrected chi connectivity index (χ0v) is 13.7. The predicted octanol–water partition coefficient (Wildman–Crippen LogP) is 3.80. The average molecular weight is 384 g/mol. The molecule has 5 nitrogen and oxygen atoms in total. The van der Waals surface area contributed by atoms with Crippen molar-refractivity contribution in [2.24, 2.45) is 0 Å². The first kappa shape index (κ1) is 15.4. The standard InChI is InChI=1S/C15H12BrClN2O3/c16-10-2-1-3-11(13(10)17)19-14(20)12-5-4-9(8-18-12)15-21-6-7-22-15/h1-5,8,15H,6-7H2,(H,19,20). The highest BCUT2D eigenvalue weighted by Gasteiger charge is 2.19. The Morgan fingerprint density at radius 3 is 2.73 bits per heavy atom. The Balaban J connectivity index is 1.73. The van der Waals surface area contributed by atoms with Crippen molar-refractivity contribution >= 4 is 39.1 Å². The Morgan fingerprint density at radius 2 is 2.05 bits per heavy atom. The molecule has 114 valence electrons. The third-order valence-corrected chi connectivity index (χ3v) is 4.41. The van der Waals surface area contributed by atoms with Crippen LogP contribution in [0.2, 0.25) is 5.02 Å². The molecule has 7 heteroatoms. The third-order valence-electron chi connectivity index (χ3n) is 3.11. The number of nitrogens with zero attached hydrogens (tertiary/aromatic N) is 1. The number of aromatic nitrogens is 1. The van der Waals surface area contributed by atoms with Crippen molar-refractivity contribution in [2.45, 2.75) is 6.29 Å². The van der Waals surface area contributed by atoms with Crippen LogP contribution in [0, 0.1) is 0 Å². The van der Waals surface area contributed by atoms with Gasteiger partial charge in [0, 0.05) is 16.2 Å². The summed E-state index contributed by atoms with van der Waals surface area (Å²) >= 11 is 9.43. The number of pyridine rings is 1. The van der Waals surface area contributed by atoms with E-state index in [0.29, 0.717) is 28.4 Å². The van der Waals surface area contributed by atoms with E-state index in [1.165, 1.54) is 0 Å². The number of halogens is 2. The number of nitrogens with one attached hydrogen (secondary N) is 1. The summed E-state index contributed by atoms with van der Waals surface area (Å²) in [6.07, 6.45) is 1.18. The second-order valence-corrected chi connectivity index (χ2v) is 5.84. The van der Waals surface area contributed by atoms with Crippen molar-refractivity contribution in [3.8, 4) is 0 Å². The van der Waals surface area contributed by atoms with Crippen LogP contribution in [-0.2, 0) is 9.47 Å². The lowest BCUT2D eigenvalue weighted by Gasteiger charge is -2.10. The van der Waals surface area contributed by atoms with Crippen LogP contribution in [0.5, 0.6) is 0 Å². The molecule has 1 aliphatic rings. The molecule has 0 spiro atoms. The number of carbonyl (C=O) groups is 1. The maximum atomic E-state index is 12.2. The molecule has 0 unspecified atom stereocenters. The van der Waals surface area contributed by atoms with Crippen LogP contribution >= 0.6 is 27.5 Å². The molecule has 1 aliphatic heterocycles. The normalized spacial score (nSPS) is 15.0. The summed E-state index contributed by atoms with van der Waals surface area (Å²) in [5.74, 6) is -0.334. The van der Waals surface area contributed by atoms with Crippen molar-refractivity contribution in [2.75, 3.05) is 18.5 Å². The van der Waals surface area contributed by atoms with Crippen LogP contribution in [0.3, 0.4) is 0 Å². The fourth-order valence-corrected chi connectivity index (χ4v) is 2.56. The van der Waals surface area contributed by atoms with Crippen LogP contribution in [0.1, 0.15) is 22.3 Å². The number of rotatable bonds is 3. The van der Waals surface area contributed by atoms with Gasteiger partial charge in [-0.25, -0.2) is 0 Å². The molecule has 0 saturated carbocycles. The lowest BCUT2D eigenvalue weighted by Crippen LogP contribution is -2.14. The fourth-order valence-electron chi connectivity index (χ4n) is 2.02. The van der Waals surface area contributed by atoms with Crippen molar-refractivity contribution in [1.29, 1.82) is 0 Å². The van der Waals surface area contributed by atoms with Gasteiger partial charge in [0.05, 0.1) is 23.9 Å². The zero-order valence-electron chi connectivity index (χ0n) is 11.4. The molecule has 2 aromatic rings. The van der Waals surface area contributed by atoms with Gasteiger partial charge < -0.3 is 14.8 Å². The highest BCUT2D eigenvalue weighted by atomic mass is 79.9. The van der Waals surface area contributed by atoms with Gasteiger partial charge in [-0.05, 0) is 34.1 Å². The highest BCUT2D eigenvalue weighted by molar-refractivity contribution is 9.10. The molecule has 1 amide bonds. The SMILES string of the molecule is O=C(Nc1cccc(Br)c1Cl)c1ccc(C2OCCO2)cn1. The molecule has 1 saturated heterocycles. The Morgan fingerprint density at radius 1 is 1.27 bits per heavy atom. The topological polar surface area (TPSA) is 60.5 Å². The number of hydrogen-bond acceptors (Lipinski definition) is 4. The number of benzene rings is 1. The van der Waals surface area contributed by atoms with Gasteiger partial charge in [-0.2, -0.15) is 0 Å². The van der Waals surface area contributed by atoms with Gasteiger partial charge in [0.15, 0.2) is 6.29 Å². The van der Waals surface area contributed by atoms with E-state index in [1.807, 2.05) is 0 Å². The first-order valence-electron chi connectivity index (χ1n) is 6.59. The number of anilines is 1. The molecule has 1 fully saturated rings. The summed E-state index contributed by atoms with van der Waals surface area (Å²) in [4.78, 5) is 16.3. The van der Waals surface area contributed by atoms with E-state index in [2.05, 4.69) is 26.2 Å². The molecule has 22 heavy (non-hydrogen) atoms. The van der Waals surface area contributed by atoms with Crippen molar-refractivity contribution < 1.29 is 14.3 Å². The zero-order chi connectivity index (χ0) is 15.5. The Hall–Kier alpha value is -1.47. The van der Waals surface area contributed by atoms with Gasteiger partial charge in [-0.15, -0.1) is 0 Å². The van der Waals surface area contributed by atoms with Gasteiger partial charge >= 0.3 is 0 Å². The Bertz CT molecular complexity index is 688. The lowest BCUT2D eigenvalue weighted by atomic mass is 10.2. The van der Waals surface area contributed by atoms with E-state index in [9.17, 15) is 4.79 Å². The summed E-state index contributed by atoms with van der Waals surface area (Å²) in [6.45, 7) is 1.13. The second-order valence-electron chi connectivity index (χ2n) is 4.61. The quantitative estimate of drug-likeness (QED) is 0.876. The van der Waals surface area contributed by atoms with E-state index in [0.717, 1.165) is 5.56 Å². The predicted molar refractivity (Wildman–Crippen MR) is 86.0 cm³/mol. The summed E-state index contributed by atoms with van der Waals surface area (Å²) in [5, 5.41) is 3.18. The second kappa shape index (κ2) is 6.75. The van der Waals surface area contributed by atoms with Crippen LogP contribution in [0.4, 0.5) is 5.69 Å². The van der Waals surface area contributed by atoms with Gasteiger partial charge in [-0.3, -0.25) is 9.78 Å². The van der Waals surface area contributed by atoms with E-state index in [1.54, 1.807) is 36.5 Å². The Labute approximate surface area is 140 Å². The molecule has 1 aromatic heterocycles. The molecule has 0 bridgehead atoms. The molecule has 0 radical (unpaired) electrons. The van der Waals surface area contributed by atoms with Gasteiger partial charge in [0.25, 0.3) is 5.91 Å². The third kappa shape index (κ3) is 3.30. The maximum Gasteiger partial charge on any atom is 0.274 e. The summed E-state index contributed by atoms with van der Waals surface area (Å²) in [7, 11) is 0. The van der Waals surface area contributed by atoms with E-state index >= 15 is 0 Å². The number of carbonyl (C=O) groups excluding carboxylic acids is 1. The molecule has 0 aliphatic carbocycles. The van der Waals surface area contributed by atoms with Crippen LogP contribution in [0.25, 0.3) is 0 Å². The molecule has 0 atom stereocenters. The number of hydrogen-bond donors (Lipinski definition) is 1. The molecule has 1 aromatic carbocycles. The van der Waals surface area contributed by atoms with Crippen LogP contribution < -0.4 is 5.32 Å². The van der Waals surface area contributed by atoms with Gasteiger partial charge in [-0.1, -0.05) is 23.7 Å². The lowest BCUT2D eigenvalue weighted by molar-refractivity contribution is -0.0443. The van der Waals surface area contributed by atoms with Gasteiger partial charge in [0.2, 0.25) is 0 Å². The molecule has 3 rings (SSSR count). The van der Waals surface area contributed by atoms with E-state index < -0.39 is 6.29 Å². The van der Waals surface area contributed by atoms with Crippen LogP contribution in [-0.4, -0.2) is 24.1 Å². The monoisotopic (exact) mass is 382 g/mol. The largest absolute Gasteiger partial charge is 0.346 e. The van der Waals surface area contributed by atoms with E-state index in [-0.39, 0.29) is 11.6 Å².